The molecule has 2 aromatic rings. The van der Waals surface area contributed by atoms with Crippen LogP contribution in [0.3, 0.4) is 0 Å². The van der Waals surface area contributed by atoms with E-state index < -0.39 is 0 Å². The number of benzene rings is 1. The summed E-state index contributed by atoms with van der Waals surface area (Å²) in [6, 6.07) is 6.78. The molecular formula is C19H24FN3O. The van der Waals surface area contributed by atoms with Crippen molar-refractivity contribution >= 4 is 0 Å². The molecule has 1 fully saturated rings. The molecule has 4 rings (SSSR count). The Morgan fingerprint density at radius 2 is 2.04 bits per heavy atom. The maximum atomic E-state index is 13.1. The molecule has 0 unspecified atom stereocenters. The van der Waals surface area contributed by atoms with Crippen LogP contribution in [0.25, 0.3) is 0 Å². The average Bonchev–Trinajstić information content (AvgIpc) is 3.27. The Morgan fingerprint density at radius 1 is 1.25 bits per heavy atom. The van der Waals surface area contributed by atoms with Crippen LogP contribution in [-0.4, -0.2) is 34.9 Å². The lowest BCUT2D eigenvalue weighted by Gasteiger charge is -2.31. The highest BCUT2D eigenvalue weighted by Crippen LogP contribution is 2.33. The zero-order valence-corrected chi connectivity index (χ0v) is 14.1. The third kappa shape index (κ3) is 3.52. The van der Waals surface area contributed by atoms with Crippen molar-refractivity contribution in [1.82, 2.24) is 14.7 Å². The lowest BCUT2D eigenvalue weighted by molar-refractivity contribution is 0.135. The summed E-state index contributed by atoms with van der Waals surface area (Å²) in [5.74, 6) is 0.991. The van der Waals surface area contributed by atoms with Crippen molar-refractivity contribution < 1.29 is 9.13 Å². The van der Waals surface area contributed by atoms with Crippen molar-refractivity contribution in [3.63, 3.8) is 0 Å². The second-order valence-corrected chi connectivity index (χ2v) is 7.14. The van der Waals surface area contributed by atoms with E-state index in [1.54, 1.807) is 7.11 Å². The molecule has 0 spiro atoms. The summed E-state index contributed by atoms with van der Waals surface area (Å²) in [5, 5.41) is 4.83. The van der Waals surface area contributed by atoms with Crippen LogP contribution in [0.15, 0.2) is 30.5 Å². The number of nitrogens with zero attached hydrogens (tertiary/aromatic N) is 3. The van der Waals surface area contributed by atoms with Gasteiger partial charge in [-0.05, 0) is 36.5 Å². The van der Waals surface area contributed by atoms with Gasteiger partial charge in [-0.2, -0.15) is 5.10 Å². The van der Waals surface area contributed by atoms with Gasteiger partial charge in [0.05, 0.1) is 12.3 Å². The summed E-state index contributed by atoms with van der Waals surface area (Å²) < 4.78 is 20.7. The van der Waals surface area contributed by atoms with Crippen LogP contribution in [-0.2, 0) is 24.4 Å². The van der Waals surface area contributed by atoms with Crippen molar-refractivity contribution in [2.24, 2.45) is 5.92 Å². The van der Waals surface area contributed by atoms with Gasteiger partial charge in [0.15, 0.2) is 0 Å². The fourth-order valence-electron chi connectivity index (χ4n) is 3.60. The molecule has 0 saturated heterocycles. The van der Waals surface area contributed by atoms with E-state index in [1.807, 2.05) is 12.1 Å². The number of hydrogen-bond donors (Lipinski definition) is 0. The molecule has 2 aliphatic rings. The number of hydrogen-bond acceptors (Lipinski definition) is 3. The van der Waals surface area contributed by atoms with E-state index in [1.165, 1.54) is 36.2 Å². The lowest BCUT2D eigenvalue weighted by atomic mass is 9.95. The molecular weight excluding hydrogens is 305 g/mol. The smallest absolute Gasteiger partial charge is 0.123 e. The molecule has 4 nitrogen and oxygen atoms in total. The minimum atomic E-state index is -0.184. The maximum Gasteiger partial charge on any atom is 0.123 e. The van der Waals surface area contributed by atoms with Crippen LogP contribution < -0.4 is 0 Å². The van der Waals surface area contributed by atoms with E-state index in [2.05, 4.69) is 15.8 Å². The third-order valence-corrected chi connectivity index (χ3v) is 4.99. The molecule has 1 aliphatic carbocycles. The fraction of sp³-hybridized carbons (Fsp3) is 0.526. The number of aromatic nitrogens is 2. The summed E-state index contributed by atoms with van der Waals surface area (Å²) >= 11 is 0. The van der Waals surface area contributed by atoms with Gasteiger partial charge in [0.1, 0.15) is 5.82 Å². The molecule has 1 aliphatic heterocycles. The SMILES string of the molecule is COC[C@@H]1CN(Cc2ccc(F)cc2)Cc2nn(CC3CC3)cc21. The van der Waals surface area contributed by atoms with Crippen molar-refractivity contribution in [2.75, 3.05) is 20.3 Å². The summed E-state index contributed by atoms with van der Waals surface area (Å²) in [7, 11) is 1.76. The van der Waals surface area contributed by atoms with Crippen molar-refractivity contribution in [3.8, 4) is 0 Å². The Bertz CT molecular complexity index is 693. The zero-order valence-electron chi connectivity index (χ0n) is 14.1. The molecule has 0 amide bonds. The first-order valence-corrected chi connectivity index (χ1v) is 8.73. The average molecular weight is 329 g/mol. The Kier molecular flexibility index (Phi) is 4.37. The largest absolute Gasteiger partial charge is 0.384 e. The molecule has 24 heavy (non-hydrogen) atoms. The molecule has 0 bridgehead atoms. The van der Waals surface area contributed by atoms with Gasteiger partial charge in [-0.3, -0.25) is 9.58 Å². The van der Waals surface area contributed by atoms with Gasteiger partial charge >= 0.3 is 0 Å². The first-order chi connectivity index (χ1) is 11.7. The van der Waals surface area contributed by atoms with E-state index >= 15 is 0 Å². The molecule has 0 radical (unpaired) electrons. The summed E-state index contributed by atoms with van der Waals surface area (Å²) in [5.41, 5.74) is 3.65. The highest BCUT2D eigenvalue weighted by Gasteiger charge is 2.29. The maximum absolute atomic E-state index is 13.1. The Morgan fingerprint density at radius 3 is 2.75 bits per heavy atom. The van der Waals surface area contributed by atoms with E-state index in [9.17, 15) is 4.39 Å². The molecule has 0 N–H and O–H groups in total. The Labute approximate surface area is 142 Å². The topological polar surface area (TPSA) is 30.3 Å². The van der Waals surface area contributed by atoms with Crippen LogP contribution in [0.4, 0.5) is 4.39 Å². The molecule has 1 saturated carbocycles. The van der Waals surface area contributed by atoms with Crippen LogP contribution >= 0.6 is 0 Å². The lowest BCUT2D eigenvalue weighted by Crippen LogP contribution is -2.34. The van der Waals surface area contributed by atoms with Crippen LogP contribution in [0, 0.1) is 11.7 Å². The van der Waals surface area contributed by atoms with Crippen molar-refractivity contribution in [3.05, 3.63) is 53.1 Å². The minimum Gasteiger partial charge on any atom is -0.384 e. The predicted molar refractivity (Wildman–Crippen MR) is 90.1 cm³/mol. The number of ether oxygens (including phenoxy) is 1. The van der Waals surface area contributed by atoms with Gasteiger partial charge in [0.25, 0.3) is 0 Å². The number of rotatable bonds is 6. The fourth-order valence-corrected chi connectivity index (χ4v) is 3.60. The third-order valence-electron chi connectivity index (χ3n) is 4.99. The van der Waals surface area contributed by atoms with Crippen LogP contribution in [0.1, 0.15) is 35.6 Å². The number of fused-ring (bicyclic) bond motifs is 1. The van der Waals surface area contributed by atoms with Gasteiger partial charge in [0.2, 0.25) is 0 Å². The zero-order chi connectivity index (χ0) is 16.5. The monoisotopic (exact) mass is 329 g/mol. The van der Waals surface area contributed by atoms with E-state index in [-0.39, 0.29) is 5.82 Å². The van der Waals surface area contributed by atoms with Gasteiger partial charge < -0.3 is 4.74 Å². The van der Waals surface area contributed by atoms with Gasteiger partial charge in [0, 0.05) is 51.0 Å². The Balaban J connectivity index is 1.51. The standard InChI is InChI=1S/C19H24FN3O/c1-24-13-16-10-22(8-14-4-6-17(20)7-5-14)12-19-18(16)11-23(21-19)9-15-2-3-15/h4-7,11,15-16H,2-3,8-10,12-13H2,1H3/t16-/m0/s1. The second-order valence-electron chi connectivity index (χ2n) is 7.14. The number of methoxy groups -OCH3 is 1. The first-order valence-electron chi connectivity index (χ1n) is 8.73. The van der Waals surface area contributed by atoms with Gasteiger partial charge in [-0.25, -0.2) is 4.39 Å². The van der Waals surface area contributed by atoms with E-state index in [0.29, 0.717) is 12.5 Å². The highest BCUT2D eigenvalue weighted by molar-refractivity contribution is 5.26. The Hall–Kier alpha value is -1.72. The van der Waals surface area contributed by atoms with E-state index in [0.717, 1.165) is 37.7 Å². The molecule has 1 aromatic carbocycles. The first kappa shape index (κ1) is 15.8. The molecule has 1 aromatic heterocycles. The second kappa shape index (κ2) is 6.65. The molecule has 5 heteroatoms. The highest BCUT2D eigenvalue weighted by atomic mass is 19.1. The quantitative estimate of drug-likeness (QED) is 0.815. The van der Waals surface area contributed by atoms with Crippen molar-refractivity contribution in [2.45, 2.75) is 38.4 Å². The van der Waals surface area contributed by atoms with Crippen LogP contribution in [0.2, 0.25) is 0 Å². The van der Waals surface area contributed by atoms with E-state index in [4.69, 9.17) is 9.84 Å². The van der Waals surface area contributed by atoms with Gasteiger partial charge in [-0.15, -0.1) is 0 Å². The molecule has 2 heterocycles. The summed E-state index contributed by atoms with van der Waals surface area (Å²) in [6.45, 7) is 4.38. The number of halogens is 1. The van der Waals surface area contributed by atoms with Gasteiger partial charge in [-0.1, -0.05) is 12.1 Å². The van der Waals surface area contributed by atoms with Crippen molar-refractivity contribution in [1.29, 1.82) is 0 Å². The molecule has 1 atom stereocenters. The summed E-state index contributed by atoms with van der Waals surface area (Å²) in [6.07, 6.45) is 4.90. The normalized spacial score (nSPS) is 21.0. The predicted octanol–water partition coefficient (Wildman–Crippen LogP) is 3.18. The minimum absolute atomic E-state index is 0.184. The van der Waals surface area contributed by atoms with Crippen LogP contribution in [0.5, 0.6) is 0 Å². The summed E-state index contributed by atoms with van der Waals surface area (Å²) in [4.78, 5) is 2.38. The molecule has 128 valence electrons.